The molecule has 1 aliphatic carbocycles. The maximum absolute atomic E-state index is 12.6. The molecule has 3 rings (SSSR count). The fourth-order valence-corrected chi connectivity index (χ4v) is 3.77. The second-order valence-electron chi connectivity index (χ2n) is 6.39. The van der Waals surface area contributed by atoms with Gasteiger partial charge in [-0.05, 0) is 38.3 Å². The second-order valence-corrected chi connectivity index (χ2v) is 6.39. The molecule has 1 amide bonds. The van der Waals surface area contributed by atoms with E-state index in [9.17, 15) is 9.90 Å². The second kappa shape index (κ2) is 5.24. The zero-order valence-electron chi connectivity index (χ0n) is 12.2. The van der Waals surface area contributed by atoms with Gasteiger partial charge < -0.3 is 14.6 Å². The van der Waals surface area contributed by atoms with E-state index in [1.807, 2.05) is 40.9 Å². The van der Waals surface area contributed by atoms with Crippen molar-refractivity contribution in [3.05, 3.63) is 24.5 Å². The number of likely N-dealkylation sites (tertiary alicyclic amines) is 1. The Bertz CT molecular complexity index is 471. The van der Waals surface area contributed by atoms with Crippen LogP contribution in [0.4, 0.5) is 0 Å². The number of rotatable bonds is 2. The van der Waals surface area contributed by atoms with Gasteiger partial charge in [-0.25, -0.2) is 0 Å². The molecule has 0 spiro atoms. The molecule has 1 aromatic heterocycles. The van der Waals surface area contributed by atoms with Crippen molar-refractivity contribution in [2.75, 3.05) is 13.1 Å². The molecule has 2 aliphatic rings. The molecule has 0 radical (unpaired) electrons. The number of hydrogen-bond donors (Lipinski definition) is 1. The van der Waals surface area contributed by atoms with Gasteiger partial charge in [0.05, 0.1) is 5.60 Å². The number of fused-ring (bicyclic) bond motifs is 1. The van der Waals surface area contributed by atoms with Crippen LogP contribution >= 0.6 is 0 Å². The summed E-state index contributed by atoms with van der Waals surface area (Å²) in [5, 5.41) is 10.7. The summed E-state index contributed by atoms with van der Waals surface area (Å²) in [6.07, 6.45) is 8.88. The number of nitrogens with zero attached hydrogens (tertiary/aromatic N) is 2. The first-order valence-electron chi connectivity index (χ1n) is 7.74. The minimum atomic E-state index is -0.508. The topological polar surface area (TPSA) is 45.5 Å². The van der Waals surface area contributed by atoms with Crippen molar-refractivity contribution >= 4 is 5.91 Å². The highest BCUT2D eigenvalue weighted by Crippen LogP contribution is 2.40. The Morgan fingerprint density at radius 3 is 2.80 bits per heavy atom. The van der Waals surface area contributed by atoms with E-state index in [2.05, 4.69) is 0 Å². The van der Waals surface area contributed by atoms with E-state index in [0.29, 0.717) is 6.54 Å². The summed E-state index contributed by atoms with van der Waals surface area (Å²) in [7, 11) is 0. The van der Waals surface area contributed by atoms with Gasteiger partial charge >= 0.3 is 0 Å². The summed E-state index contributed by atoms with van der Waals surface area (Å²) < 4.78 is 1.95. The van der Waals surface area contributed by atoms with Crippen molar-refractivity contribution in [1.29, 1.82) is 0 Å². The highest BCUT2D eigenvalue weighted by molar-refractivity contribution is 5.80. The molecule has 0 bridgehead atoms. The third kappa shape index (κ3) is 2.37. The molecule has 1 N–H and O–H groups in total. The number of carbonyl (C=O) groups excluding carboxylic acids is 1. The zero-order chi connectivity index (χ0) is 14.2. The van der Waals surface area contributed by atoms with E-state index < -0.39 is 5.60 Å². The molecule has 2 heterocycles. The zero-order valence-corrected chi connectivity index (χ0v) is 12.2. The molecule has 1 aromatic rings. The Hall–Kier alpha value is -1.29. The van der Waals surface area contributed by atoms with Crippen LogP contribution in [0.5, 0.6) is 0 Å². The van der Waals surface area contributed by atoms with E-state index in [4.69, 9.17) is 0 Å². The van der Waals surface area contributed by atoms with Gasteiger partial charge in [-0.3, -0.25) is 4.79 Å². The molecule has 20 heavy (non-hydrogen) atoms. The first-order chi connectivity index (χ1) is 9.60. The molecule has 4 nitrogen and oxygen atoms in total. The van der Waals surface area contributed by atoms with Crippen molar-refractivity contribution in [3.8, 4) is 0 Å². The largest absolute Gasteiger partial charge is 0.389 e. The van der Waals surface area contributed by atoms with E-state index in [1.165, 1.54) is 6.42 Å². The van der Waals surface area contributed by atoms with Crippen LogP contribution in [0.3, 0.4) is 0 Å². The minimum absolute atomic E-state index is 0.153. The minimum Gasteiger partial charge on any atom is -0.389 e. The molecule has 3 unspecified atom stereocenters. The van der Waals surface area contributed by atoms with Gasteiger partial charge in [0, 0.05) is 31.4 Å². The van der Waals surface area contributed by atoms with Gasteiger partial charge in [0.1, 0.15) is 6.04 Å². The van der Waals surface area contributed by atoms with Gasteiger partial charge in [-0.1, -0.05) is 12.8 Å². The predicted octanol–water partition coefficient (Wildman–Crippen LogP) is 2.20. The van der Waals surface area contributed by atoms with E-state index in [1.54, 1.807) is 0 Å². The van der Waals surface area contributed by atoms with Gasteiger partial charge in [0.25, 0.3) is 0 Å². The first-order valence-corrected chi connectivity index (χ1v) is 7.74. The quantitative estimate of drug-likeness (QED) is 0.900. The van der Waals surface area contributed by atoms with Crippen LogP contribution in [0, 0.1) is 5.92 Å². The third-order valence-electron chi connectivity index (χ3n) is 5.17. The summed E-state index contributed by atoms with van der Waals surface area (Å²) in [5.41, 5.74) is -0.508. The maximum Gasteiger partial charge on any atom is 0.245 e. The van der Waals surface area contributed by atoms with Crippen LogP contribution in [0.1, 0.15) is 45.1 Å². The molecular weight excluding hydrogens is 252 g/mol. The van der Waals surface area contributed by atoms with Crippen LogP contribution in [-0.4, -0.2) is 39.2 Å². The van der Waals surface area contributed by atoms with Crippen LogP contribution in [0.2, 0.25) is 0 Å². The molecule has 0 aromatic carbocycles. The Balaban J connectivity index is 1.68. The number of carbonyl (C=O) groups is 1. The summed E-state index contributed by atoms with van der Waals surface area (Å²) in [6, 6.07) is 3.74. The average Bonchev–Trinajstić information content (AvgIpc) is 2.99. The molecule has 4 heteroatoms. The predicted molar refractivity (Wildman–Crippen MR) is 77.2 cm³/mol. The third-order valence-corrected chi connectivity index (χ3v) is 5.17. The Morgan fingerprint density at radius 2 is 2.05 bits per heavy atom. The van der Waals surface area contributed by atoms with Gasteiger partial charge in [0.15, 0.2) is 0 Å². The Morgan fingerprint density at radius 1 is 1.30 bits per heavy atom. The SMILES string of the molecule is CC(C(=O)N1CCC2(O)CCCCC2C1)n1cccc1. The number of aliphatic hydroxyl groups is 1. The van der Waals surface area contributed by atoms with Crippen molar-refractivity contribution in [2.45, 2.75) is 50.7 Å². The summed E-state index contributed by atoms with van der Waals surface area (Å²) in [6.45, 7) is 3.36. The standard InChI is InChI=1S/C16H24N2O2/c1-13(17-9-4-5-10-17)15(19)18-11-8-16(20)7-3-2-6-14(16)12-18/h4-5,9-10,13-14,20H,2-3,6-8,11-12H2,1H3. The lowest BCUT2D eigenvalue weighted by Crippen LogP contribution is -2.55. The van der Waals surface area contributed by atoms with Crippen molar-refractivity contribution < 1.29 is 9.90 Å². The highest BCUT2D eigenvalue weighted by atomic mass is 16.3. The fraction of sp³-hybridized carbons (Fsp3) is 0.688. The molecule has 110 valence electrons. The van der Waals surface area contributed by atoms with Crippen LogP contribution in [0.25, 0.3) is 0 Å². The molecule has 3 atom stereocenters. The lowest BCUT2D eigenvalue weighted by atomic mass is 9.71. The smallest absolute Gasteiger partial charge is 0.245 e. The molecule has 1 saturated heterocycles. The first kappa shape index (κ1) is 13.7. The Labute approximate surface area is 120 Å². The van der Waals surface area contributed by atoms with Gasteiger partial charge in [0.2, 0.25) is 5.91 Å². The van der Waals surface area contributed by atoms with E-state index >= 15 is 0 Å². The van der Waals surface area contributed by atoms with Crippen LogP contribution in [0.15, 0.2) is 24.5 Å². The highest BCUT2D eigenvalue weighted by Gasteiger charge is 2.44. The number of amides is 1. The number of aromatic nitrogens is 1. The van der Waals surface area contributed by atoms with E-state index in [0.717, 1.165) is 32.2 Å². The monoisotopic (exact) mass is 276 g/mol. The fourth-order valence-electron chi connectivity index (χ4n) is 3.77. The number of hydrogen-bond acceptors (Lipinski definition) is 2. The van der Waals surface area contributed by atoms with Crippen LogP contribution in [-0.2, 0) is 4.79 Å². The number of piperidine rings is 1. The van der Waals surface area contributed by atoms with Gasteiger partial charge in [-0.15, -0.1) is 0 Å². The average molecular weight is 276 g/mol. The lowest BCUT2D eigenvalue weighted by molar-refractivity contribution is -0.146. The summed E-state index contributed by atoms with van der Waals surface area (Å²) in [4.78, 5) is 14.6. The normalized spacial score (nSPS) is 31.7. The van der Waals surface area contributed by atoms with E-state index in [-0.39, 0.29) is 17.9 Å². The molecule has 1 saturated carbocycles. The van der Waals surface area contributed by atoms with Crippen molar-refractivity contribution in [3.63, 3.8) is 0 Å². The van der Waals surface area contributed by atoms with Crippen molar-refractivity contribution in [2.24, 2.45) is 5.92 Å². The Kier molecular flexibility index (Phi) is 3.59. The maximum atomic E-state index is 12.6. The molecule has 1 aliphatic heterocycles. The summed E-state index contributed by atoms with van der Waals surface area (Å²) >= 11 is 0. The summed E-state index contributed by atoms with van der Waals surface area (Å²) in [5.74, 6) is 0.444. The van der Waals surface area contributed by atoms with Crippen LogP contribution < -0.4 is 0 Å². The molecule has 2 fully saturated rings. The lowest BCUT2D eigenvalue weighted by Gasteiger charge is -2.47. The van der Waals surface area contributed by atoms with Crippen molar-refractivity contribution in [1.82, 2.24) is 9.47 Å². The molecular formula is C16H24N2O2. The van der Waals surface area contributed by atoms with Gasteiger partial charge in [-0.2, -0.15) is 0 Å².